The molecular formula is C15H25OSi. The second kappa shape index (κ2) is 5.36. The molecule has 0 amide bonds. The first-order valence-corrected chi connectivity index (χ1v) is 9.18. The Morgan fingerprint density at radius 1 is 1.18 bits per heavy atom. The van der Waals surface area contributed by atoms with Gasteiger partial charge in [-0.3, -0.25) is 0 Å². The lowest BCUT2D eigenvalue weighted by atomic mass is 10.1. The van der Waals surface area contributed by atoms with Gasteiger partial charge in [0.1, 0.15) is 0 Å². The van der Waals surface area contributed by atoms with Gasteiger partial charge in [0.15, 0.2) is 8.32 Å². The molecular weight excluding hydrogens is 224 g/mol. The van der Waals surface area contributed by atoms with Gasteiger partial charge in [-0.2, -0.15) is 0 Å². The Morgan fingerprint density at radius 2 is 1.76 bits per heavy atom. The summed E-state index contributed by atoms with van der Waals surface area (Å²) in [6, 6.07) is 8.53. The third-order valence-corrected chi connectivity index (χ3v) is 8.16. The Balaban J connectivity index is 2.67. The molecule has 0 N–H and O–H groups in total. The van der Waals surface area contributed by atoms with Crippen LogP contribution in [-0.4, -0.2) is 8.32 Å². The zero-order chi connectivity index (χ0) is 13.1. The van der Waals surface area contributed by atoms with E-state index in [4.69, 9.17) is 4.43 Å². The van der Waals surface area contributed by atoms with Crippen LogP contribution < -0.4 is 0 Å². The molecule has 0 aliphatic rings. The summed E-state index contributed by atoms with van der Waals surface area (Å²) < 4.78 is 6.20. The highest BCUT2D eigenvalue weighted by molar-refractivity contribution is 6.74. The largest absolute Gasteiger partial charge is 0.413 e. The fraction of sp³-hybridized carbons (Fsp3) is 0.533. The fourth-order valence-corrected chi connectivity index (χ4v) is 2.32. The van der Waals surface area contributed by atoms with Crippen molar-refractivity contribution in [3.8, 4) is 0 Å². The van der Waals surface area contributed by atoms with Crippen molar-refractivity contribution in [1.82, 2.24) is 0 Å². The van der Waals surface area contributed by atoms with Crippen LogP contribution in [0.4, 0.5) is 0 Å². The van der Waals surface area contributed by atoms with E-state index in [0.29, 0.717) is 0 Å². The molecule has 2 heteroatoms. The van der Waals surface area contributed by atoms with Gasteiger partial charge in [0.2, 0.25) is 0 Å². The third-order valence-electron chi connectivity index (χ3n) is 3.69. The number of hydrogen-bond acceptors (Lipinski definition) is 1. The van der Waals surface area contributed by atoms with Crippen molar-refractivity contribution in [3.63, 3.8) is 0 Å². The van der Waals surface area contributed by atoms with Crippen molar-refractivity contribution >= 4 is 8.32 Å². The van der Waals surface area contributed by atoms with Gasteiger partial charge in [0, 0.05) is 0 Å². The van der Waals surface area contributed by atoms with Gasteiger partial charge in [-0.05, 0) is 42.6 Å². The molecule has 0 fully saturated rings. The number of hydrogen-bond donors (Lipinski definition) is 0. The highest BCUT2D eigenvalue weighted by atomic mass is 28.4. The van der Waals surface area contributed by atoms with Gasteiger partial charge in [-0.25, -0.2) is 0 Å². The van der Waals surface area contributed by atoms with Gasteiger partial charge in [0.25, 0.3) is 0 Å². The molecule has 0 heterocycles. The minimum atomic E-state index is -1.63. The maximum Gasteiger partial charge on any atom is 0.192 e. The molecule has 1 aromatic rings. The van der Waals surface area contributed by atoms with E-state index in [-0.39, 0.29) is 5.04 Å². The molecule has 17 heavy (non-hydrogen) atoms. The topological polar surface area (TPSA) is 9.23 Å². The lowest BCUT2D eigenvalue weighted by molar-refractivity contribution is 0.276. The Kier molecular flexibility index (Phi) is 4.56. The fourth-order valence-electron chi connectivity index (χ4n) is 1.36. The Hall–Kier alpha value is -0.603. The van der Waals surface area contributed by atoms with Gasteiger partial charge in [0.05, 0.1) is 6.61 Å². The molecule has 95 valence electrons. The lowest BCUT2D eigenvalue weighted by Crippen LogP contribution is -2.40. The zero-order valence-electron chi connectivity index (χ0n) is 11.8. The van der Waals surface area contributed by atoms with E-state index >= 15 is 0 Å². The van der Waals surface area contributed by atoms with Crippen molar-refractivity contribution in [2.24, 2.45) is 0 Å². The minimum absolute atomic E-state index is 0.275. The molecule has 0 atom stereocenters. The summed E-state index contributed by atoms with van der Waals surface area (Å²) in [4.78, 5) is 0. The smallest absolute Gasteiger partial charge is 0.192 e. The SMILES string of the molecule is [CH2]Cc1cccc(CO[Si](C)(C)C(C)(C)C)c1. The molecule has 0 aromatic heterocycles. The van der Waals surface area contributed by atoms with Crippen LogP contribution in [0.15, 0.2) is 24.3 Å². The summed E-state index contributed by atoms with van der Waals surface area (Å²) in [7, 11) is -1.63. The Bertz CT molecular complexity index is 363. The molecule has 0 spiro atoms. The van der Waals surface area contributed by atoms with Crippen LogP contribution in [-0.2, 0) is 17.5 Å². The van der Waals surface area contributed by atoms with Crippen LogP contribution in [0.5, 0.6) is 0 Å². The van der Waals surface area contributed by atoms with Crippen LogP contribution in [0.25, 0.3) is 0 Å². The van der Waals surface area contributed by atoms with Crippen molar-refractivity contribution < 1.29 is 4.43 Å². The average Bonchev–Trinajstić information content (AvgIpc) is 2.25. The Labute approximate surface area is 107 Å². The van der Waals surface area contributed by atoms with Crippen molar-refractivity contribution in [2.45, 2.75) is 51.9 Å². The predicted octanol–water partition coefficient (Wildman–Crippen LogP) is 4.58. The molecule has 0 saturated carbocycles. The second-order valence-electron chi connectivity index (χ2n) is 6.12. The predicted molar refractivity (Wildman–Crippen MR) is 77.5 cm³/mol. The molecule has 1 aromatic carbocycles. The van der Waals surface area contributed by atoms with Gasteiger partial charge in [-0.15, -0.1) is 0 Å². The maximum atomic E-state index is 6.20. The summed E-state index contributed by atoms with van der Waals surface area (Å²) in [5.41, 5.74) is 2.54. The van der Waals surface area contributed by atoms with Gasteiger partial charge in [-0.1, -0.05) is 45.0 Å². The first kappa shape index (κ1) is 14.5. The standard InChI is InChI=1S/C15H25OSi/c1-7-13-9-8-10-14(11-13)12-16-17(5,6)15(2,3)4/h8-11H,1,7,12H2,2-6H3. The summed E-state index contributed by atoms with van der Waals surface area (Å²) >= 11 is 0. The Morgan fingerprint density at radius 3 is 2.29 bits per heavy atom. The van der Waals surface area contributed by atoms with E-state index in [1.54, 1.807) is 0 Å². The number of rotatable bonds is 4. The van der Waals surface area contributed by atoms with Gasteiger partial charge >= 0.3 is 0 Å². The van der Waals surface area contributed by atoms with E-state index in [1.807, 2.05) is 0 Å². The van der Waals surface area contributed by atoms with Gasteiger partial charge < -0.3 is 4.43 Å². The highest BCUT2D eigenvalue weighted by Crippen LogP contribution is 2.37. The van der Waals surface area contributed by atoms with Crippen LogP contribution in [0, 0.1) is 6.92 Å². The van der Waals surface area contributed by atoms with Crippen LogP contribution in [0.3, 0.4) is 0 Å². The maximum absolute atomic E-state index is 6.20. The van der Waals surface area contributed by atoms with E-state index in [0.717, 1.165) is 13.0 Å². The van der Waals surface area contributed by atoms with Crippen LogP contribution in [0.1, 0.15) is 31.9 Å². The van der Waals surface area contributed by atoms with Crippen LogP contribution >= 0.6 is 0 Å². The summed E-state index contributed by atoms with van der Waals surface area (Å²) in [6.07, 6.45) is 0.841. The quantitative estimate of drug-likeness (QED) is 0.709. The summed E-state index contributed by atoms with van der Waals surface area (Å²) in [5, 5.41) is 0.275. The van der Waals surface area contributed by atoms with E-state index in [1.165, 1.54) is 11.1 Å². The second-order valence-corrected chi connectivity index (χ2v) is 10.9. The molecule has 0 aliphatic carbocycles. The molecule has 0 bridgehead atoms. The molecule has 0 unspecified atom stereocenters. The van der Waals surface area contributed by atoms with E-state index in [9.17, 15) is 0 Å². The molecule has 0 saturated heterocycles. The normalized spacial score (nSPS) is 12.8. The first-order valence-electron chi connectivity index (χ1n) is 6.27. The monoisotopic (exact) mass is 249 g/mol. The van der Waals surface area contributed by atoms with Crippen LogP contribution in [0.2, 0.25) is 18.1 Å². The molecule has 1 rings (SSSR count). The van der Waals surface area contributed by atoms with E-state index in [2.05, 4.69) is 65.1 Å². The molecule has 1 nitrogen and oxygen atoms in total. The molecule has 0 aliphatic heterocycles. The van der Waals surface area contributed by atoms with Crippen molar-refractivity contribution in [3.05, 3.63) is 42.3 Å². The molecule has 1 radical (unpaired) electrons. The van der Waals surface area contributed by atoms with Crippen molar-refractivity contribution in [1.29, 1.82) is 0 Å². The summed E-state index contributed by atoms with van der Waals surface area (Å²) in [6.45, 7) is 16.0. The van der Waals surface area contributed by atoms with E-state index < -0.39 is 8.32 Å². The summed E-state index contributed by atoms with van der Waals surface area (Å²) in [5.74, 6) is 0. The average molecular weight is 249 g/mol. The zero-order valence-corrected chi connectivity index (χ0v) is 12.8. The number of benzene rings is 1. The minimum Gasteiger partial charge on any atom is -0.413 e. The highest BCUT2D eigenvalue weighted by Gasteiger charge is 2.36. The first-order chi connectivity index (χ1) is 7.76. The van der Waals surface area contributed by atoms with Crippen molar-refractivity contribution in [2.75, 3.05) is 0 Å². The third kappa shape index (κ3) is 3.97. The lowest BCUT2D eigenvalue weighted by Gasteiger charge is -2.36.